The molecule has 17 heavy (non-hydrogen) atoms. The summed E-state index contributed by atoms with van der Waals surface area (Å²) in [7, 11) is 0. The third-order valence-corrected chi connectivity index (χ3v) is 3.95. The van der Waals surface area contributed by atoms with Crippen LogP contribution in [0.2, 0.25) is 5.15 Å². The van der Waals surface area contributed by atoms with E-state index in [4.69, 9.17) is 16.3 Å². The molecule has 0 aromatic carbocycles. The molecule has 0 aliphatic carbocycles. The smallest absolute Gasteiger partial charge is 0.171 e. The van der Waals surface area contributed by atoms with E-state index in [2.05, 4.69) is 14.9 Å². The lowest BCUT2D eigenvalue weighted by Gasteiger charge is -2.33. The molecule has 1 aromatic heterocycles. The molecule has 0 amide bonds. The van der Waals surface area contributed by atoms with E-state index in [1.165, 1.54) is 12.8 Å². The molecule has 5 heteroatoms. The van der Waals surface area contributed by atoms with Gasteiger partial charge in [-0.15, -0.1) is 0 Å². The average molecular weight is 254 g/mol. The Labute approximate surface area is 106 Å². The van der Waals surface area contributed by atoms with E-state index in [9.17, 15) is 0 Å². The summed E-state index contributed by atoms with van der Waals surface area (Å²) in [6, 6.07) is 0. The summed E-state index contributed by atoms with van der Waals surface area (Å²) in [4.78, 5) is 10.6. The van der Waals surface area contributed by atoms with Gasteiger partial charge < -0.3 is 9.64 Å². The van der Waals surface area contributed by atoms with E-state index in [1.54, 1.807) is 12.4 Å². The van der Waals surface area contributed by atoms with Gasteiger partial charge in [0.05, 0.1) is 5.60 Å². The third kappa shape index (κ3) is 2.11. The van der Waals surface area contributed by atoms with Crippen molar-refractivity contribution in [3.05, 3.63) is 17.5 Å². The first kappa shape index (κ1) is 11.2. The normalized spacial score (nSPS) is 28.9. The van der Waals surface area contributed by atoms with Crippen molar-refractivity contribution in [3.8, 4) is 0 Å². The molecule has 4 nitrogen and oxygen atoms in total. The molecular formula is C12H16ClN3O. The number of ether oxygens (including phenoxy) is 1. The largest absolute Gasteiger partial charge is 0.373 e. The van der Waals surface area contributed by atoms with E-state index >= 15 is 0 Å². The number of aromatic nitrogens is 2. The zero-order valence-electron chi connectivity index (χ0n) is 9.73. The lowest BCUT2D eigenvalue weighted by molar-refractivity contribution is -0.0622. The molecule has 0 bridgehead atoms. The van der Waals surface area contributed by atoms with Gasteiger partial charge in [0.25, 0.3) is 0 Å². The van der Waals surface area contributed by atoms with Gasteiger partial charge in [0, 0.05) is 32.1 Å². The van der Waals surface area contributed by atoms with Crippen LogP contribution in [0.15, 0.2) is 12.4 Å². The fourth-order valence-electron chi connectivity index (χ4n) is 2.78. The second-order valence-corrected chi connectivity index (χ2v) is 5.19. The van der Waals surface area contributed by atoms with Crippen molar-refractivity contribution in [2.24, 2.45) is 0 Å². The highest BCUT2D eigenvalue weighted by Gasteiger charge is 2.41. The number of halogens is 1. The van der Waals surface area contributed by atoms with Crippen molar-refractivity contribution >= 4 is 17.4 Å². The first-order valence-corrected chi connectivity index (χ1v) is 6.52. The molecule has 3 heterocycles. The maximum atomic E-state index is 6.08. The van der Waals surface area contributed by atoms with Crippen molar-refractivity contribution in [2.45, 2.75) is 31.3 Å². The Morgan fingerprint density at radius 1 is 1.24 bits per heavy atom. The van der Waals surface area contributed by atoms with Crippen LogP contribution in [0.1, 0.15) is 25.7 Å². The summed E-state index contributed by atoms with van der Waals surface area (Å²) < 4.78 is 5.99. The van der Waals surface area contributed by atoms with Gasteiger partial charge in [-0.25, -0.2) is 9.97 Å². The summed E-state index contributed by atoms with van der Waals surface area (Å²) in [6.07, 6.45) is 7.99. The molecule has 0 unspecified atom stereocenters. The highest BCUT2D eigenvalue weighted by Crippen LogP contribution is 2.36. The van der Waals surface area contributed by atoms with E-state index in [0.717, 1.165) is 38.4 Å². The predicted molar refractivity (Wildman–Crippen MR) is 66.4 cm³/mol. The van der Waals surface area contributed by atoms with Crippen LogP contribution in [0.3, 0.4) is 0 Å². The summed E-state index contributed by atoms with van der Waals surface area (Å²) in [5.41, 5.74) is 0.0408. The molecule has 3 rings (SSSR count). The van der Waals surface area contributed by atoms with Gasteiger partial charge in [0.2, 0.25) is 0 Å². The molecule has 1 aromatic rings. The molecular weight excluding hydrogens is 238 g/mol. The van der Waals surface area contributed by atoms with Gasteiger partial charge in [0.15, 0.2) is 11.0 Å². The number of hydrogen-bond donors (Lipinski definition) is 0. The van der Waals surface area contributed by atoms with Gasteiger partial charge in [-0.3, -0.25) is 0 Å². The van der Waals surface area contributed by atoms with E-state index in [1.807, 2.05) is 0 Å². The van der Waals surface area contributed by atoms with E-state index in [0.29, 0.717) is 5.15 Å². The van der Waals surface area contributed by atoms with Crippen LogP contribution < -0.4 is 4.90 Å². The predicted octanol–water partition coefficient (Wildman–Crippen LogP) is 2.28. The first-order chi connectivity index (χ1) is 8.29. The van der Waals surface area contributed by atoms with Gasteiger partial charge in [-0.2, -0.15) is 0 Å². The Balaban J connectivity index is 1.77. The molecule has 92 valence electrons. The SMILES string of the molecule is Clc1nccnc1N1CC[C@]2(CCCCO2)C1. The van der Waals surface area contributed by atoms with Crippen molar-refractivity contribution in [1.29, 1.82) is 0 Å². The molecule has 2 saturated heterocycles. The zero-order valence-corrected chi connectivity index (χ0v) is 10.5. The summed E-state index contributed by atoms with van der Waals surface area (Å²) in [5, 5.41) is 0.486. The Morgan fingerprint density at radius 3 is 2.88 bits per heavy atom. The lowest BCUT2D eigenvalue weighted by atomic mass is 9.93. The average Bonchev–Trinajstić information content (AvgIpc) is 2.74. The monoisotopic (exact) mass is 253 g/mol. The Hall–Kier alpha value is -0.870. The minimum Gasteiger partial charge on any atom is -0.373 e. The van der Waals surface area contributed by atoms with Crippen LogP contribution >= 0.6 is 11.6 Å². The summed E-state index contributed by atoms with van der Waals surface area (Å²) >= 11 is 6.08. The molecule has 1 spiro atoms. The number of rotatable bonds is 1. The van der Waals surface area contributed by atoms with Crippen molar-refractivity contribution in [1.82, 2.24) is 9.97 Å². The lowest BCUT2D eigenvalue weighted by Crippen LogP contribution is -2.39. The van der Waals surface area contributed by atoms with Gasteiger partial charge in [-0.05, 0) is 25.7 Å². The van der Waals surface area contributed by atoms with Gasteiger partial charge >= 0.3 is 0 Å². The van der Waals surface area contributed by atoms with Crippen LogP contribution in [-0.2, 0) is 4.74 Å². The van der Waals surface area contributed by atoms with Crippen molar-refractivity contribution in [3.63, 3.8) is 0 Å². The standard InChI is InChI=1S/C12H16ClN3O/c13-10-11(15-6-5-14-10)16-7-4-12(9-16)3-1-2-8-17-12/h5-6H,1-4,7-9H2/t12-/m1/s1. The van der Waals surface area contributed by atoms with Gasteiger partial charge in [-0.1, -0.05) is 11.6 Å². The highest BCUT2D eigenvalue weighted by molar-refractivity contribution is 6.31. The van der Waals surface area contributed by atoms with Crippen LogP contribution in [-0.4, -0.2) is 35.3 Å². The second kappa shape index (κ2) is 4.42. The van der Waals surface area contributed by atoms with Crippen LogP contribution in [0.4, 0.5) is 5.82 Å². The van der Waals surface area contributed by atoms with Crippen molar-refractivity contribution in [2.75, 3.05) is 24.6 Å². The minimum atomic E-state index is 0.0408. The molecule has 2 fully saturated rings. The van der Waals surface area contributed by atoms with E-state index in [-0.39, 0.29) is 5.60 Å². The van der Waals surface area contributed by atoms with Crippen LogP contribution in [0.5, 0.6) is 0 Å². The topological polar surface area (TPSA) is 38.2 Å². The second-order valence-electron chi connectivity index (χ2n) is 4.83. The Morgan fingerprint density at radius 2 is 2.12 bits per heavy atom. The number of nitrogens with zero attached hydrogens (tertiary/aromatic N) is 3. The maximum Gasteiger partial charge on any atom is 0.171 e. The Kier molecular flexibility index (Phi) is 2.92. The summed E-state index contributed by atoms with van der Waals surface area (Å²) in [6.45, 7) is 2.74. The fourth-order valence-corrected chi connectivity index (χ4v) is 3.01. The van der Waals surface area contributed by atoms with Crippen LogP contribution in [0.25, 0.3) is 0 Å². The van der Waals surface area contributed by atoms with E-state index < -0.39 is 0 Å². The van der Waals surface area contributed by atoms with Gasteiger partial charge in [0.1, 0.15) is 0 Å². The Bertz CT molecular complexity index is 406. The van der Waals surface area contributed by atoms with Crippen molar-refractivity contribution < 1.29 is 4.74 Å². The summed E-state index contributed by atoms with van der Waals surface area (Å²) in [5.74, 6) is 0.792. The molecule has 0 radical (unpaired) electrons. The zero-order chi connectivity index (χ0) is 11.7. The molecule has 2 aliphatic heterocycles. The fraction of sp³-hybridized carbons (Fsp3) is 0.667. The third-order valence-electron chi connectivity index (χ3n) is 3.69. The number of anilines is 1. The molecule has 0 saturated carbocycles. The first-order valence-electron chi connectivity index (χ1n) is 6.15. The molecule has 0 N–H and O–H groups in total. The molecule has 2 aliphatic rings. The maximum absolute atomic E-state index is 6.08. The number of hydrogen-bond acceptors (Lipinski definition) is 4. The van der Waals surface area contributed by atoms with Crippen LogP contribution in [0, 0.1) is 0 Å². The quantitative estimate of drug-likeness (QED) is 0.770. The highest BCUT2D eigenvalue weighted by atomic mass is 35.5. The minimum absolute atomic E-state index is 0.0408. The molecule has 1 atom stereocenters.